The van der Waals surface area contributed by atoms with Crippen LogP contribution in [0.1, 0.15) is 19.7 Å². The van der Waals surface area contributed by atoms with Crippen LogP contribution >= 0.6 is 0 Å². The molecule has 0 bridgehead atoms. The van der Waals surface area contributed by atoms with Crippen LogP contribution in [0, 0.1) is 17.5 Å². The Morgan fingerprint density at radius 3 is 2.53 bits per heavy atom. The van der Waals surface area contributed by atoms with Gasteiger partial charge in [0.2, 0.25) is 0 Å². The van der Waals surface area contributed by atoms with Crippen LogP contribution in [-0.2, 0) is 6.54 Å². The first-order valence-corrected chi connectivity index (χ1v) is 5.64. The summed E-state index contributed by atoms with van der Waals surface area (Å²) >= 11 is 0. The third-order valence-corrected chi connectivity index (χ3v) is 2.42. The van der Waals surface area contributed by atoms with E-state index in [1.165, 1.54) is 0 Å². The van der Waals surface area contributed by atoms with E-state index in [1.54, 1.807) is 0 Å². The molecule has 0 unspecified atom stereocenters. The minimum atomic E-state index is -1.25. The second-order valence-electron chi connectivity index (χ2n) is 4.26. The van der Waals surface area contributed by atoms with Crippen LogP contribution < -0.4 is 5.32 Å². The van der Waals surface area contributed by atoms with E-state index in [4.69, 9.17) is 0 Å². The largest absolute Gasteiger partial charge is 0.308 e. The molecule has 0 saturated heterocycles. The summed E-state index contributed by atoms with van der Waals surface area (Å²) in [5.74, 6) is -3.04. The Morgan fingerprint density at radius 2 is 1.84 bits per heavy atom. The van der Waals surface area contributed by atoms with Crippen LogP contribution in [0.25, 0.3) is 5.69 Å². The molecule has 1 aromatic heterocycles. The molecule has 1 heterocycles. The van der Waals surface area contributed by atoms with E-state index < -0.39 is 17.5 Å². The molecule has 0 aliphatic heterocycles. The first kappa shape index (κ1) is 13.5. The van der Waals surface area contributed by atoms with Crippen LogP contribution in [0.4, 0.5) is 13.2 Å². The second-order valence-corrected chi connectivity index (χ2v) is 4.26. The van der Waals surface area contributed by atoms with Crippen molar-refractivity contribution < 1.29 is 13.2 Å². The zero-order valence-electron chi connectivity index (χ0n) is 10.4. The molecular weight excluding hydrogens is 259 g/mol. The molecule has 1 aromatic carbocycles. The first-order valence-electron chi connectivity index (χ1n) is 5.64. The fourth-order valence-corrected chi connectivity index (χ4v) is 1.47. The van der Waals surface area contributed by atoms with Crippen molar-refractivity contribution in [2.45, 2.75) is 26.4 Å². The Labute approximate surface area is 107 Å². The summed E-state index contributed by atoms with van der Waals surface area (Å²) in [6, 6.07) is 1.37. The van der Waals surface area contributed by atoms with Gasteiger partial charge in [-0.15, -0.1) is 5.10 Å². The van der Waals surface area contributed by atoms with Crippen molar-refractivity contribution >= 4 is 0 Å². The van der Waals surface area contributed by atoms with E-state index in [-0.39, 0.29) is 18.3 Å². The monoisotopic (exact) mass is 271 g/mol. The van der Waals surface area contributed by atoms with Gasteiger partial charge in [-0.05, 0) is 10.4 Å². The Hall–Kier alpha value is -1.96. The maximum atomic E-state index is 13.6. The maximum absolute atomic E-state index is 13.6. The number of aromatic nitrogens is 4. The van der Waals surface area contributed by atoms with Gasteiger partial charge in [0, 0.05) is 18.2 Å². The van der Waals surface area contributed by atoms with Crippen LogP contribution in [0.3, 0.4) is 0 Å². The molecule has 0 amide bonds. The Balaban J connectivity index is 2.37. The minimum Gasteiger partial charge on any atom is -0.308 e. The number of halogens is 3. The summed E-state index contributed by atoms with van der Waals surface area (Å²) in [6.45, 7) is 4.13. The van der Waals surface area contributed by atoms with Crippen LogP contribution in [0.15, 0.2) is 12.1 Å². The van der Waals surface area contributed by atoms with Crippen molar-refractivity contribution in [1.82, 2.24) is 25.5 Å². The van der Waals surface area contributed by atoms with E-state index >= 15 is 0 Å². The van der Waals surface area contributed by atoms with Gasteiger partial charge < -0.3 is 5.32 Å². The highest BCUT2D eigenvalue weighted by atomic mass is 19.2. The van der Waals surface area contributed by atoms with E-state index in [2.05, 4.69) is 20.8 Å². The van der Waals surface area contributed by atoms with Crippen molar-refractivity contribution in [2.75, 3.05) is 0 Å². The average Bonchev–Trinajstić information content (AvgIpc) is 2.79. The predicted molar refractivity (Wildman–Crippen MR) is 61.0 cm³/mol. The molecule has 0 radical (unpaired) electrons. The molecule has 102 valence electrons. The fourth-order valence-electron chi connectivity index (χ4n) is 1.47. The Kier molecular flexibility index (Phi) is 3.79. The van der Waals surface area contributed by atoms with Crippen molar-refractivity contribution in [1.29, 1.82) is 0 Å². The lowest BCUT2D eigenvalue weighted by Crippen LogP contribution is -2.24. The third kappa shape index (κ3) is 2.90. The molecule has 0 fully saturated rings. The Morgan fingerprint density at radius 1 is 1.16 bits per heavy atom. The summed E-state index contributed by atoms with van der Waals surface area (Å²) in [6.07, 6.45) is 0. The van der Waals surface area contributed by atoms with Crippen molar-refractivity contribution in [3.05, 3.63) is 35.4 Å². The van der Waals surface area contributed by atoms with Gasteiger partial charge in [0.15, 0.2) is 23.3 Å². The number of nitrogens with one attached hydrogen (secondary N) is 1. The summed E-state index contributed by atoms with van der Waals surface area (Å²) < 4.78 is 40.7. The molecule has 0 aliphatic rings. The van der Waals surface area contributed by atoms with Gasteiger partial charge in [-0.3, -0.25) is 0 Å². The lowest BCUT2D eigenvalue weighted by Gasteiger charge is -2.09. The molecule has 19 heavy (non-hydrogen) atoms. The lowest BCUT2D eigenvalue weighted by molar-refractivity contribution is 0.489. The van der Waals surface area contributed by atoms with Crippen molar-refractivity contribution in [3.63, 3.8) is 0 Å². The highest BCUT2D eigenvalue weighted by Crippen LogP contribution is 2.17. The minimum absolute atomic E-state index is 0.181. The topological polar surface area (TPSA) is 55.6 Å². The summed E-state index contributed by atoms with van der Waals surface area (Å²) in [5, 5.41) is 13.8. The molecule has 0 saturated carbocycles. The van der Waals surface area contributed by atoms with Crippen molar-refractivity contribution in [2.24, 2.45) is 0 Å². The summed E-state index contributed by atoms with van der Waals surface area (Å²) in [4.78, 5) is 0. The zero-order chi connectivity index (χ0) is 14.0. The second kappa shape index (κ2) is 5.35. The highest BCUT2D eigenvalue weighted by Gasteiger charge is 2.16. The quantitative estimate of drug-likeness (QED) is 0.858. The normalized spacial score (nSPS) is 11.3. The number of rotatable bonds is 4. The number of tetrazole rings is 1. The van der Waals surface area contributed by atoms with Gasteiger partial charge >= 0.3 is 0 Å². The number of hydrogen-bond donors (Lipinski definition) is 1. The molecule has 5 nitrogen and oxygen atoms in total. The van der Waals surface area contributed by atoms with Crippen molar-refractivity contribution in [3.8, 4) is 5.69 Å². The van der Waals surface area contributed by atoms with Gasteiger partial charge in [-0.25, -0.2) is 13.2 Å². The standard InChI is InChI=1S/C11H12F3N5/c1-6(2)15-5-11-16-17-18-19(11)10-4-8(13)7(12)3-9(10)14/h3-4,6,15H,5H2,1-2H3. The van der Waals surface area contributed by atoms with Gasteiger partial charge in [0.1, 0.15) is 5.69 Å². The van der Waals surface area contributed by atoms with Gasteiger partial charge in [-0.1, -0.05) is 13.8 Å². The summed E-state index contributed by atoms with van der Waals surface area (Å²) in [7, 11) is 0. The molecular formula is C11H12F3N5. The van der Waals surface area contributed by atoms with Crippen LogP contribution in [0.5, 0.6) is 0 Å². The zero-order valence-corrected chi connectivity index (χ0v) is 10.4. The number of hydrogen-bond acceptors (Lipinski definition) is 4. The molecule has 0 atom stereocenters. The molecule has 2 rings (SSSR count). The highest BCUT2D eigenvalue weighted by molar-refractivity contribution is 5.34. The number of nitrogens with zero attached hydrogens (tertiary/aromatic N) is 4. The molecule has 0 spiro atoms. The Bertz CT molecular complexity index is 582. The van der Waals surface area contributed by atoms with E-state index in [0.717, 1.165) is 10.7 Å². The first-order chi connectivity index (χ1) is 8.99. The van der Waals surface area contributed by atoms with E-state index in [0.29, 0.717) is 11.9 Å². The van der Waals surface area contributed by atoms with Crippen LogP contribution in [0.2, 0.25) is 0 Å². The predicted octanol–water partition coefficient (Wildman–Crippen LogP) is 1.58. The maximum Gasteiger partial charge on any atom is 0.170 e. The molecule has 8 heteroatoms. The molecule has 1 N–H and O–H groups in total. The smallest absolute Gasteiger partial charge is 0.170 e. The SMILES string of the molecule is CC(C)NCc1nnnn1-c1cc(F)c(F)cc1F. The number of benzene rings is 1. The molecule has 0 aliphatic carbocycles. The van der Waals surface area contributed by atoms with E-state index in [9.17, 15) is 13.2 Å². The third-order valence-electron chi connectivity index (χ3n) is 2.42. The van der Waals surface area contributed by atoms with Gasteiger partial charge in [-0.2, -0.15) is 4.68 Å². The summed E-state index contributed by atoms with van der Waals surface area (Å²) in [5.41, 5.74) is -0.232. The fraction of sp³-hybridized carbons (Fsp3) is 0.364. The lowest BCUT2D eigenvalue weighted by atomic mass is 10.3. The molecule has 2 aromatic rings. The average molecular weight is 271 g/mol. The van der Waals surface area contributed by atoms with Gasteiger partial charge in [0.05, 0.1) is 6.54 Å². The van der Waals surface area contributed by atoms with E-state index in [1.807, 2.05) is 13.8 Å². The van der Waals surface area contributed by atoms with Crippen LogP contribution in [-0.4, -0.2) is 26.2 Å². The van der Waals surface area contributed by atoms with Gasteiger partial charge in [0.25, 0.3) is 0 Å².